The molecule has 0 radical (unpaired) electrons. The molecule has 3 rings (SSSR count). The van der Waals surface area contributed by atoms with Gasteiger partial charge in [-0.3, -0.25) is 10.1 Å². The Balaban J connectivity index is 2.05. The molecule has 7 nitrogen and oxygen atoms in total. The van der Waals surface area contributed by atoms with Crippen LogP contribution in [0.15, 0.2) is 75.3 Å². The molecule has 0 amide bonds. The SMILES string of the molecule is C=CCn1c(-c2cccc([N+](=O)[O-])c2)cs/c1=N\N=C(\C)c1ccco1. The molecule has 0 aliphatic carbocycles. The summed E-state index contributed by atoms with van der Waals surface area (Å²) in [6.45, 7) is 6.10. The van der Waals surface area contributed by atoms with Gasteiger partial charge in [0.15, 0.2) is 0 Å². The second-order valence-corrected chi connectivity index (χ2v) is 6.21. The largest absolute Gasteiger partial charge is 0.463 e. The Hall–Kier alpha value is -3.26. The molecule has 0 unspecified atom stereocenters. The maximum absolute atomic E-state index is 11.0. The second-order valence-electron chi connectivity index (χ2n) is 5.37. The van der Waals surface area contributed by atoms with Crippen LogP contribution in [-0.4, -0.2) is 15.2 Å². The molecular formula is C18H16N4O3S. The van der Waals surface area contributed by atoms with E-state index in [1.807, 2.05) is 29.0 Å². The Morgan fingerprint density at radius 3 is 2.96 bits per heavy atom. The molecule has 0 bridgehead atoms. The van der Waals surface area contributed by atoms with Crippen LogP contribution < -0.4 is 4.80 Å². The van der Waals surface area contributed by atoms with E-state index in [-0.39, 0.29) is 5.69 Å². The first-order valence-corrected chi connectivity index (χ1v) is 8.64. The van der Waals surface area contributed by atoms with E-state index in [1.54, 1.807) is 30.5 Å². The van der Waals surface area contributed by atoms with Crippen LogP contribution in [0.4, 0.5) is 5.69 Å². The van der Waals surface area contributed by atoms with Crippen molar-refractivity contribution in [3.8, 4) is 11.3 Å². The molecule has 0 N–H and O–H groups in total. The third-order valence-electron chi connectivity index (χ3n) is 3.63. The maximum Gasteiger partial charge on any atom is 0.270 e. The van der Waals surface area contributed by atoms with Gasteiger partial charge in [0.05, 0.1) is 16.9 Å². The van der Waals surface area contributed by atoms with Gasteiger partial charge in [-0.15, -0.1) is 28.1 Å². The van der Waals surface area contributed by atoms with Crippen molar-refractivity contribution in [2.75, 3.05) is 0 Å². The minimum atomic E-state index is -0.407. The van der Waals surface area contributed by atoms with Gasteiger partial charge in [-0.25, -0.2) is 0 Å². The van der Waals surface area contributed by atoms with Crippen LogP contribution >= 0.6 is 11.3 Å². The van der Waals surface area contributed by atoms with E-state index in [2.05, 4.69) is 16.8 Å². The highest BCUT2D eigenvalue weighted by molar-refractivity contribution is 7.07. The summed E-state index contributed by atoms with van der Waals surface area (Å²) in [6.07, 6.45) is 3.33. The summed E-state index contributed by atoms with van der Waals surface area (Å²) in [4.78, 5) is 11.3. The molecule has 132 valence electrons. The van der Waals surface area contributed by atoms with Gasteiger partial charge in [0.2, 0.25) is 4.80 Å². The van der Waals surface area contributed by atoms with Crippen molar-refractivity contribution in [1.29, 1.82) is 0 Å². The van der Waals surface area contributed by atoms with Gasteiger partial charge in [0, 0.05) is 29.6 Å². The number of nitrogens with zero attached hydrogens (tertiary/aromatic N) is 4. The highest BCUT2D eigenvalue weighted by Crippen LogP contribution is 2.24. The molecule has 1 aromatic carbocycles. The Morgan fingerprint density at radius 2 is 2.27 bits per heavy atom. The first-order chi connectivity index (χ1) is 12.6. The van der Waals surface area contributed by atoms with Crippen LogP contribution in [0.5, 0.6) is 0 Å². The normalized spacial score (nSPS) is 12.3. The van der Waals surface area contributed by atoms with Crippen molar-refractivity contribution in [3.05, 3.63) is 81.4 Å². The van der Waals surface area contributed by atoms with E-state index in [1.165, 1.54) is 17.4 Å². The Kier molecular flexibility index (Phi) is 5.23. The number of non-ortho nitro benzene ring substituents is 1. The van der Waals surface area contributed by atoms with Crippen LogP contribution in [0, 0.1) is 10.1 Å². The van der Waals surface area contributed by atoms with Gasteiger partial charge >= 0.3 is 0 Å². The standard InChI is InChI=1S/C18H16N4O3S/c1-3-9-21-16(14-6-4-7-15(11-14)22(23)24)12-26-18(21)20-19-13(2)17-8-5-10-25-17/h3-8,10-12H,1,9H2,2H3/b19-13-,20-18-. The first kappa shape index (κ1) is 17.6. The number of allylic oxidation sites excluding steroid dienone is 1. The monoisotopic (exact) mass is 368 g/mol. The smallest absolute Gasteiger partial charge is 0.270 e. The number of nitro groups is 1. The summed E-state index contributed by atoms with van der Waals surface area (Å²) >= 11 is 1.41. The number of hydrogen-bond donors (Lipinski definition) is 0. The minimum absolute atomic E-state index is 0.0454. The lowest BCUT2D eigenvalue weighted by atomic mass is 10.1. The summed E-state index contributed by atoms with van der Waals surface area (Å²) in [7, 11) is 0. The molecule has 3 aromatic rings. The number of furan rings is 1. The predicted octanol–water partition coefficient (Wildman–Crippen LogP) is 4.23. The predicted molar refractivity (Wildman–Crippen MR) is 101 cm³/mol. The van der Waals surface area contributed by atoms with Crippen molar-refractivity contribution in [2.24, 2.45) is 10.2 Å². The molecule has 0 saturated carbocycles. The molecule has 0 aliphatic heterocycles. The minimum Gasteiger partial charge on any atom is -0.463 e. The summed E-state index contributed by atoms with van der Waals surface area (Å²) in [5.41, 5.74) is 2.27. The summed E-state index contributed by atoms with van der Waals surface area (Å²) in [5.74, 6) is 0.652. The number of aromatic nitrogens is 1. The summed E-state index contributed by atoms with van der Waals surface area (Å²) in [5, 5.41) is 21.5. The molecule has 0 aliphatic rings. The van der Waals surface area contributed by atoms with E-state index >= 15 is 0 Å². The van der Waals surface area contributed by atoms with E-state index in [4.69, 9.17) is 4.42 Å². The number of rotatable bonds is 6. The van der Waals surface area contributed by atoms with Crippen molar-refractivity contribution < 1.29 is 9.34 Å². The van der Waals surface area contributed by atoms with Crippen molar-refractivity contribution in [3.63, 3.8) is 0 Å². The van der Waals surface area contributed by atoms with Crippen LogP contribution in [0.3, 0.4) is 0 Å². The molecule has 2 heterocycles. The first-order valence-electron chi connectivity index (χ1n) is 7.76. The topological polar surface area (TPSA) is 85.9 Å². The van der Waals surface area contributed by atoms with Crippen LogP contribution in [0.1, 0.15) is 12.7 Å². The van der Waals surface area contributed by atoms with Gasteiger partial charge in [0.1, 0.15) is 11.5 Å². The van der Waals surface area contributed by atoms with Crippen molar-refractivity contribution >= 4 is 22.7 Å². The molecule has 8 heteroatoms. The zero-order chi connectivity index (χ0) is 18.5. The third kappa shape index (κ3) is 3.70. The van der Waals surface area contributed by atoms with Crippen LogP contribution in [0.2, 0.25) is 0 Å². The number of thiazole rings is 1. The Morgan fingerprint density at radius 1 is 1.42 bits per heavy atom. The fourth-order valence-electron chi connectivity index (χ4n) is 2.38. The lowest BCUT2D eigenvalue weighted by Crippen LogP contribution is -2.15. The van der Waals surface area contributed by atoms with Gasteiger partial charge in [-0.05, 0) is 19.1 Å². The second kappa shape index (κ2) is 7.75. The average Bonchev–Trinajstić information content (AvgIpc) is 3.30. The quantitative estimate of drug-likeness (QED) is 0.282. The van der Waals surface area contributed by atoms with E-state index in [9.17, 15) is 10.1 Å². The number of benzene rings is 1. The van der Waals surface area contributed by atoms with Crippen LogP contribution in [-0.2, 0) is 6.54 Å². The highest BCUT2D eigenvalue weighted by atomic mass is 32.1. The van der Waals surface area contributed by atoms with Crippen LogP contribution in [0.25, 0.3) is 11.3 Å². The lowest BCUT2D eigenvalue weighted by molar-refractivity contribution is -0.384. The van der Waals surface area contributed by atoms with E-state index in [0.29, 0.717) is 22.8 Å². The van der Waals surface area contributed by atoms with E-state index in [0.717, 1.165) is 11.3 Å². The maximum atomic E-state index is 11.0. The zero-order valence-corrected chi connectivity index (χ0v) is 14.8. The molecule has 26 heavy (non-hydrogen) atoms. The Labute approximate surface area is 153 Å². The number of nitro benzene ring substituents is 1. The molecule has 0 spiro atoms. The highest BCUT2D eigenvalue weighted by Gasteiger charge is 2.11. The molecule has 0 atom stereocenters. The van der Waals surface area contributed by atoms with E-state index < -0.39 is 4.92 Å². The summed E-state index contributed by atoms with van der Waals surface area (Å²) in [6, 6.07) is 10.1. The fourth-order valence-corrected chi connectivity index (χ4v) is 3.24. The molecule has 2 aromatic heterocycles. The molecule has 0 saturated heterocycles. The molecular weight excluding hydrogens is 352 g/mol. The summed E-state index contributed by atoms with van der Waals surface area (Å²) < 4.78 is 7.21. The van der Waals surface area contributed by atoms with Gasteiger partial charge in [0.25, 0.3) is 5.69 Å². The average molecular weight is 368 g/mol. The van der Waals surface area contributed by atoms with Gasteiger partial charge < -0.3 is 8.98 Å². The molecule has 0 fully saturated rings. The lowest BCUT2D eigenvalue weighted by Gasteiger charge is -2.06. The third-order valence-corrected chi connectivity index (χ3v) is 4.48. The fraction of sp³-hybridized carbons (Fsp3) is 0.111. The van der Waals surface area contributed by atoms with Crippen molar-refractivity contribution in [2.45, 2.75) is 13.5 Å². The Bertz CT molecular complexity index is 1030. The van der Waals surface area contributed by atoms with Crippen molar-refractivity contribution in [1.82, 2.24) is 4.57 Å². The number of hydrogen-bond acceptors (Lipinski definition) is 6. The zero-order valence-electron chi connectivity index (χ0n) is 14.0. The van der Waals surface area contributed by atoms with Gasteiger partial charge in [-0.2, -0.15) is 0 Å². The van der Waals surface area contributed by atoms with Gasteiger partial charge in [-0.1, -0.05) is 18.2 Å².